The van der Waals surface area contributed by atoms with E-state index in [9.17, 15) is 10.0 Å². The second-order valence-corrected chi connectivity index (χ2v) is 3.48. The van der Waals surface area contributed by atoms with Gasteiger partial charge in [0.05, 0.1) is 6.33 Å². The molecule has 0 unspecified atom stereocenters. The van der Waals surface area contributed by atoms with Crippen molar-refractivity contribution in [1.82, 2.24) is 20.6 Å². The second kappa shape index (κ2) is 4.65. The number of hydrogen-bond acceptors (Lipinski definition) is 6. The summed E-state index contributed by atoms with van der Waals surface area (Å²) < 4.78 is 4.33. The van der Waals surface area contributed by atoms with Crippen LogP contribution in [0.25, 0.3) is 0 Å². The number of imidazole rings is 1. The molecule has 18 heavy (non-hydrogen) atoms. The maximum atomic E-state index is 11.6. The third-order valence-corrected chi connectivity index (χ3v) is 2.26. The molecule has 0 aliphatic heterocycles. The van der Waals surface area contributed by atoms with E-state index in [1.54, 1.807) is 6.92 Å². The molecule has 2 aromatic heterocycles. The van der Waals surface area contributed by atoms with Gasteiger partial charge in [0.2, 0.25) is 5.69 Å². The number of carbonyl (C=O) groups excluding carboxylic acids is 1. The van der Waals surface area contributed by atoms with Crippen molar-refractivity contribution in [2.75, 3.05) is 0 Å². The average molecular weight is 250 g/mol. The Hall–Kier alpha value is -2.71. The van der Waals surface area contributed by atoms with Crippen LogP contribution < -0.4 is 10.3 Å². The molecule has 0 spiro atoms. The highest BCUT2D eigenvalue weighted by atomic mass is 16.8. The molecule has 2 heterocycles. The van der Waals surface area contributed by atoms with Gasteiger partial charge in [-0.05, 0) is 11.8 Å². The number of nitrogens with zero attached hydrogens (tertiary/aromatic N) is 4. The minimum Gasteiger partial charge on any atom is -0.359 e. The Morgan fingerprint density at radius 1 is 1.67 bits per heavy atom. The molecule has 2 N–H and O–H groups in total. The quantitative estimate of drug-likeness (QED) is 0.428. The number of aromatic amines is 1. The van der Waals surface area contributed by atoms with Gasteiger partial charge in [-0.15, -0.1) is 0 Å². The number of H-pyrrole nitrogens is 1. The van der Waals surface area contributed by atoms with Crippen LogP contribution in [0.4, 0.5) is 0 Å². The zero-order chi connectivity index (χ0) is 13.1. The Bertz CT molecular complexity index is 599. The van der Waals surface area contributed by atoms with Crippen molar-refractivity contribution >= 4 is 12.1 Å². The van der Waals surface area contributed by atoms with E-state index >= 15 is 0 Å². The summed E-state index contributed by atoms with van der Waals surface area (Å²) in [5.74, 6) is -0.457. The van der Waals surface area contributed by atoms with Gasteiger partial charge < -0.3 is 10.2 Å². The van der Waals surface area contributed by atoms with Crippen LogP contribution in [0.2, 0.25) is 0 Å². The van der Waals surface area contributed by atoms with E-state index in [-0.39, 0.29) is 22.0 Å². The predicted octanol–water partition coefficient (Wildman–Crippen LogP) is -0.588. The molecule has 2 aromatic rings. The average Bonchev–Trinajstić information content (AvgIpc) is 2.89. The third-order valence-electron chi connectivity index (χ3n) is 2.26. The highest BCUT2D eigenvalue weighted by Gasteiger charge is 2.13. The number of amides is 1. The summed E-state index contributed by atoms with van der Waals surface area (Å²) in [6.45, 7) is 3.23. The third kappa shape index (κ3) is 2.19. The van der Waals surface area contributed by atoms with Gasteiger partial charge in [0, 0.05) is 17.8 Å². The van der Waals surface area contributed by atoms with Crippen molar-refractivity contribution in [3.05, 3.63) is 34.3 Å². The normalized spacial score (nSPS) is 11.0. The van der Waals surface area contributed by atoms with Crippen molar-refractivity contribution in [2.24, 2.45) is 5.10 Å². The lowest BCUT2D eigenvalue weighted by molar-refractivity contribution is -0.806. The fourth-order valence-corrected chi connectivity index (χ4v) is 1.21. The van der Waals surface area contributed by atoms with Crippen LogP contribution in [0.3, 0.4) is 0 Å². The summed E-state index contributed by atoms with van der Waals surface area (Å²) in [5.41, 5.74) is 3.65. The first-order valence-corrected chi connectivity index (χ1v) is 4.99. The molecule has 1 amide bonds. The highest BCUT2D eigenvalue weighted by molar-refractivity contribution is 5.93. The summed E-state index contributed by atoms with van der Waals surface area (Å²) in [7, 11) is 0. The Balaban J connectivity index is 2.02. The van der Waals surface area contributed by atoms with Gasteiger partial charge in [-0.2, -0.15) is 5.10 Å². The first-order valence-electron chi connectivity index (χ1n) is 4.99. The van der Waals surface area contributed by atoms with Crippen molar-refractivity contribution in [3.63, 3.8) is 0 Å². The summed E-state index contributed by atoms with van der Waals surface area (Å²) in [6, 6.07) is 0. The fraction of sp³-hybridized carbons (Fsp3) is 0.222. The van der Waals surface area contributed by atoms with Crippen LogP contribution in [0.15, 0.2) is 16.1 Å². The molecule has 0 saturated carbocycles. The number of rotatable bonds is 3. The molecule has 0 fully saturated rings. The molecule has 0 saturated heterocycles. The Morgan fingerprint density at radius 2 is 2.44 bits per heavy atom. The summed E-state index contributed by atoms with van der Waals surface area (Å²) in [4.78, 5) is 18.4. The topological polar surface area (TPSA) is 123 Å². The van der Waals surface area contributed by atoms with Crippen molar-refractivity contribution in [2.45, 2.75) is 13.8 Å². The molecule has 9 heteroatoms. The summed E-state index contributed by atoms with van der Waals surface area (Å²) in [5, 5.41) is 18.0. The lowest BCUT2D eigenvalue weighted by Crippen LogP contribution is -2.26. The molecule has 0 aliphatic carbocycles. The number of carbonyl (C=O) groups is 1. The molecule has 0 aliphatic rings. The van der Waals surface area contributed by atoms with Crippen LogP contribution >= 0.6 is 0 Å². The van der Waals surface area contributed by atoms with Gasteiger partial charge in [-0.3, -0.25) is 9.42 Å². The van der Waals surface area contributed by atoms with Crippen molar-refractivity contribution in [3.8, 4) is 0 Å². The molecule has 0 radical (unpaired) electrons. The van der Waals surface area contributed by atoms with Gasteiger partial charge in [0.15, 0.2) is 5.69 Å². The molecule has 9 nitrogen and oxygen atoms in total. The smallest absolute Gasteiger partial charge is 0.291 e. The van der Waals surface area contributed by atoms with E-state index < -0.39 is 5.91 Å². The number of nitrogens with one attached hydrogen (secondary N) is 2. The molecule has 0 bridgehead atoms. The minimum atomic E-state index is -0.457. The maximum absolute atomic E-state index is 11.6. The monoisotopic (exact) mass is 250 g/mol. The second-order valence-electron chi connectivity index (χ2n) is 3.48. The lowest BCUT2D eigenvalue weighted by Gasteiger charge is -1.95. The minimum absolute atomic E-state index is 0.240. The summed E-state index contributed by atoms with van der Waals surface area (Å²) in [6.07, 6.45) is 2.63. The van der Waals surface area contributed by atoms with Crippen LogP contribution in [0.5, 0.6) is 0 Å². The molecule has 0 atom stereocenters. The number of aromatic nitrogens is 4. The zero-order valence-corrected chi connectivity index (χ0v) is 9.67. The van der Waals surface area contributed by atoms with Crippen molar-refractivity contribution in [1.29, 1.82) is 0 Å². The molecule has 94 valence electrons. The SMILES string of the molecule is Cc1[nH]cnc1C(=O)N/N=C/c1no[n+]([O-])c1C. The standard InChI is InChI=1S/C9H10N6O3/c1-5-8(11-4-10-5)9(16)13-12-3-7-6(2)15(17)18-14-7/h3-4H,1-2H3,(H,10,11)(H,13,16)/b12-3+. The number of aryl methyl sites for hydroxylation is 1. The first-order chi connectivity index (χ1) is 8.59. The number of hydrogen-bond donors (Lipinski definition) is 2. The highest BCUT2D eigenvalue weighted by Crippen LogP contribution is 1.99. The van der Waals surface area contributed by atoms with Crippen LogP contribution in [0.1, 0.15) is 27.6 Å². The number of hydrazone groups is 1. The van der Waals surface area contributed by atoms with Gasteiger partial charge in [-0.25, -0.2) is 10.4 Å². The van der Waals surface area contributed by atoms with E-state index in [2.05, 4.69) is 30.3 Å². The Labute approximate surface area is 101 Å². The molecule has 0 aromatic carbocycles. The molecular formula is C9H10N6O3. The van der Waals surface area contributed by atoms with Gasteiger partial charge in [-0.1, -0.05) is 0 Å². The van der Waals surface area contributed by atoms with Crippen LogP contribution in [0, 0.1) is 19.1 Å². The van der Waals surface area contributed by atoms with Gasteiger partial charge >= 0.3 is 0 Å². The van der Waals surface area contributed by atoms with E-state index in [1.165, 1.54) is 19.5 Å². The van der Waals surface area contributed by atoms with Gasteiger partial charge in [0.25, 0.3) is 11.6 Å². The summed E-state index contributed by atoms with van der Waals surface area (Å²) >= 11 is 0. The van der Waals surface area contributed by atoms with E-state index in [1.807, 2.05) is 0 Å². The zero-order valence-electron chi connectivity index (χ0n) is 9.67. The van der Waals surface area contributed by atoms with E-state index in [0.29, 0.717) is 5.69 Å². The van der Waals surface area contributed by atoms with Crippen molar-refractivity contribution < 1.29 is 14.3 Å². The van der Waals surface area contributed by atoms with E-state index in [4.69, 9.17) is 0 Å². The largest absolute Gasteiger partial charge is 0.359 e. The van der Waals surface area contributed by atoms with Crippen LogP contribution in [-0.4, -0.2) is 27.2 Å². The first kappa shape index (κ1) is 11.8. The van der Waals surface area contributed by atoms with Gasteiger partial charge in [0.1, 0.15) is 6.21 Å². The Morgan fingerprint density at radius 3 is 3.00 bits per heavy atom. The molecular weight excluding hydrogens is 240 g/mol. The Kier molecular flexibility index (Phi) is 3.04. The fourth-order valence-electron chi connectivity index (χ4n) is 1.21. The van der Waals surface area contributed by atoms with Crippen LogP contribution in [-0.2, 0) is 0 Å². The van der Waals surface area contributed by atoms with E-state index in [0.717, 1.165) is 0 Å². The lowest BCUT2D eigenvalue weighted by atomic mass is 10.3. The molecule has 2 rings (SSSR count). The maximum Gasteiger partial charge on any atom is 0.291 e. The predicted molar refractivity (Wildman–Crippen MR) is 58.6 cm³/mol.